The number of fused-ring (bicyclic) bond motifs is 1. The standard InChI is InChI=1S/C16H18N2O2/c1-10-14(11(2)19)8-17-16(18-10)13-7-12-5-3-4-6-15(12)20-9-13/h3-6,8,11,13,19H,7,9H2,1-2H3/t11-,13?/m1/s1. The van der Waals surface area contributed by atoms with E-state index < -0.39 is 6.10 Å². The van der Waals surface area contributed by atoms with Crippen LogP contribution in [0.5, 0.6) is 5.75 Å². The van der Waals surface area contributed by atoms with E-state index in [1.165, 1.54) is 5.56 Å². The third kappa shape index (κ3) is 2.39. The van der Waals surface area contributed by atoms with Crippen molar-refractivity contribution in [2.24, 2.45) is 0 Å². The molecule has 2 heterocycles. The van der Waals surface area contributed by atoms with E-state index in [2.05, 4.69) is 16.0 Å². The third-order valence-electron chi connectivity index (χ3n) is 3.73. The summed E-state index contributed by atoms with van der Waals surface area (Å²) in [5.41, 5.74) is 2.82. The number of rotatable bonds is 2. The predicted octanol–water partition coefficient (Wildman–Crippen LogP) is 2.56. The Morgan fingerprint density at radius 3 is 2.90 bits per heavy atom. The third-order valence-corrected chi connectivity index (χ3v) is 3.73. The molecule has 1 aliphatic rings. The molecule has 0 amide bonds. The van der Waals surface area contributed by atoms with Crippen LogP contribution in [0.3, 0.4) is 0 Å². The van der Waals surface area contributed by atoms with Crippen LogP contribution in [0, 0.1) is 6.92 Å². The van der Waals surface area contributed by atoms with Gasteiger partial charge in [-0.05, 0) is 31.9 Å². The molecule has 2 aromatic rings. The maximum Gasteiger partial charge on any atom is 0.135 e. The van der Waals surface area contributed by atoms with Crippen LogP contribution >= 0.6 is 0 Å². The topological polar surface area (TPSA) is 55.2 Å². The number of aryl methyl sites for hydroxylation is 1. The first-order valence-corrected chi connectivity index (χ1v) is 6.87. The number of para-hydroxylation sites is 1. The summed E-state index contributed by atoms with van der Waals surface area (Å²) in [6.45, 7) is 4.24. The van der Waals surface area contributed by atoms with Gasteiger partial charge >= 0.3 is 0 Å². The number of hydrogen-bond donors (Lipinski definition) is 1. The maximum absolute atomic E-state index is 9.63. The fourth-order valence-electron chi connectivity index (χ4n) is 2.60. The molecule has 104 valence electrons. The Labute approximate surface area is 118 Å². The van der Waals surface area contributed by atoms with Crippen LogP contribution in [0.2, 0.25) is 0 Å². The number of aromatic nitrogens is 2. The van der Waals surface area contributed by atoms with E-state index in [-0.39, 0.29) is 5.92 Å². The quantitative estimate of drug-likeness (QED) is 0.911. The van der Waals surface area contributed by atoms with Gasteiger partial charge < -0.3 is 9.84 Å². The monoisotopic (exact) mass is 270 g/mol. The van der Waals surface area contributed by atoms with Crippen molar-refractivity contribution in [1.29, 1.82) is 0 Å². The molecule has 0 saturated heterocycles. The van der Waals surface area contributed by atoms with Crippen LogP contribution in [-0.2, 0) is 6.42 Å². The number of hydrogen-bond acceptors (Lipinski definition) is 4. The molecule has 0 saturated carbocycles. The Kier molecular flexibility index (Phi) is 3.40. The van der Waals surface area contributed by atoms with Gasteiger partial charge in [0.2, 0.25) is 0 Å². The maximum atomic E-state index is 9.63. The summed E-state index contributed by atoms with van der Waals surface area (Å²) in [5, 5.41) is 9.63. The summed E-state index contributed by atoms with van der Waals surface area (Å²) in [7, 11) is 0. The molecule has 2 atom stereocenters. The number of aliphatic hydroxyl groups is 1. The van der Waals surface area contributed by atoms with Crippen LogP contribution in [0.15, 0.2) is 30.5 Å². The van der Waals surface area contributed by atoms with E-state index in [0.717, 1.165) is 29.3 Å². The SMILES string of the molecule is Cc1nc(C2COc3ccccc3C2)ncc1[C@@H](C)O. The Bertz CT molecular complexity index is 626. The zero-order valence-electron chi connectivity index (χ0n) is 11.7. The summed E-state index contributed by atoms with van der Waals surface area (Å²) >= 11 is 0. The molecule has 1 aromatic carbocycles. The molecule has 20 heavy (non-hydrogen) atoms. The van der Waals surface area contributed by atoms with E-state index in [1.54, 1.807) is 13.1 Å². The van der Waals surface area contributed by atoms with E-state index in [9.17, 15) is 5.11 Å². The number of ether oxygens (including phenoxy) is 1. The van der Waals surface area contributed by atoms with Crippen molar-refractivity contribution < 1.29 is 9.84 Å². The van der Waals surface area contributed by atoms with Crippen molar-refractivity contribution in [2.75, 3.05) is 6.61 Å². The highest BCUT2D eigenvalue weighted by atomic mass is 16.5. The van der Waals surface area contributed by atoms with Gasteiger partial charge in [0.1, 0.15) is 11.6 Å². The number of nitrogens with zero attached hydrogens (tertiary/aromatic N) is 2. The van der Waals surface area contributed by atoms with E-state index >= 15 is 0 Å². The molecule has 0 spiro atoms. The minimum Gasteiger partial charge on any atom is -0.493 e. The Hall–Kier alpha value is -1.94. The second kappa shape index (κ2) is 5.21. The lowest BCUT2D eigenvalue weighted by atomic mass is 9.96. The number of benzene rings is 1. The van der Waals surface area contributed by atoms with Crippen molar-refractivity contribution in [3.8, 4) is 5.75 Å². The lowest BCUT2D eigenvalue weighted by Gasteiger charge is -2.24. The van der Waals surface area contributed by atoms with Gasteiger partial charge in [-0.25, -0.2) is 9.97 Å². The van der Waals surface area contributed by atoms with Crippen molar-refractivity contribution in [1.82, 2.24) is 9.97 Å². The molecule has 3 rings (SSSR count). The minimum absolute atomic E-state index is 0.173. The molecule has 4 heteroatoms. The Morgan fingerprint density at radius 2 is 2.15 bits per heavy atom. The zero-order valence-corrected chi connectivity index (χ0v) is 11.7. The molecule has 0 fully saturated rings. The van der Waals surface area contributed by atoms with Gasteiger partial charge in [-0.2, -0.15) is 0 Å². The van der Waals surface area contributed by atoms with Gasteiger partial charge in [0.25, 0.3) is 0 Å². The second-order valence-electron chi connectivity index (χ2n) is 5.26. The second-order valence-corrected chi connectivity index (χ2v) is 5.26. The number of aliphatic hydroxyl groups excluding tert-OH is 1. The van der Waals surface area contributed by atoms with Crippen LogP contribution in [0.25, 0.3) is 0 Å². The highest BCUT2D eigenvalue weighted by molar-refractivity contribution is 5.36. The fourth-order valence-corrected chi connectivity index (χ4v) is 2.60. The average molecular weight is 270 g/mol. The van der Waals surface area contributed by atoms with Crippen molar-refractivity contribution in [3.63, 3.8) is 0 Å². The molecule has 4 nitrogen and oxygen atoms in total. The largest absolute Gasteiger partial charge is 0.493 e. The molecule has 1 unspecified atom stereocenters. The normalized spacial score (nSPS) is 19.1. The van der Waals surface area contributed by atoms with E-state index in [0.29, 0.717) is 6.61 Å². The van der Waals surface area contributed by atoms with Gasteiger partial charge in [0, 0.05) is 17.5 Å². The van der Waals surface area contributed by atoms with Gasteiger partial charge in [-0.15, -0.1) is 0 Å². The summed E-state index contributed by atoms with van der Waals surface area (Å²) in [5.74, 6) is 1.93. The van der Waals surface area contributed by atoms with Crippen molar-refractivity contribution in [3.05, 3.63) is 53.1 Å². The van der Waals surface area contributed by atoms with Crippen molar-refractivity contribution in [2.45, 2.75) is 32.3 Å². The first kappa shape index (κ1) is 13.1. The van der Waals surface area contributed by atoms with E-state index in [4.69, 9.17) is 4.74 Å². The van der Waals surface area contributed by atoms with Crippen LogP contribution in [-0.4, -0.2) is 21.7 Å². The molecular weight excluding hydrogens is 252 g/mol. The summed E-state index contributed by atoms with van der Waals surface area (Å²) in [4.78, 5) is 8.95. The first-order chi connectivity index (χ1) is 9.65. The minimum atomic E-state index is -0.535. The van der Waals surface area contributed by atoms with Crippen LogP contribution in [0.1, 0.15) is 41.6 Å². The first-order valence-electron chi connectivity index (χ1n) is 6.87. The highest BCUT2D eigenvalue weighted by Crippen LogP contribution is 2.31. The summed E-state index contributed by atoms with van der Waals surface area (Å²) in [6.07, 6.45) is 2.08. The molecule has 0 aliphatic carbocycles. The average Bonchev–Trinajstić information content (AvgIpc) is 2.46. The molecule has 0 radical (unpaired) electrons. The van der Waals surface area contributed by atoms with Gasteiger partial charge in [0.05, 0.1) is 18.6 Å². The molecular formula is C16H18N2O2. The smallest absolute Gasteiger partial charge is 0.135 e. The fraction of sp³-hybridized carbons (Fsp3) is 0.375. The predicted molar refractivity (Wildman–Crippen MR) is 75.8 cm³/mol. The summed E-state index contributed by atoms with van der Waals surface area (Å²) < 4.78 is 5.78. The van der Waals surface area contributed by atoms with Gasteiger partial charge in [0.15, 0.2) is 0 Å². The van der Waals surface area contributed by atoms with Gasteiger partial charge in [-0.3, -0.25) is 0 Å². The molecule has 1 N–H and O–H groups in total. The lowest BCUT2D eigenvalue weighted by Crippen LogP contribution is -2.21. The zero-order chi connectivity index (χ0) is 14.1. The Morgan fingerprint density at radius 1 is 1.35 bits per heavy atom. The van der Waals surface area contributed by atoms with Crippen LogP contribution in [0.4, 0.5) is 0 Å². The van der Waals surface area contributed by atoms with Crippen LogP contribution < -0.4 is 4.74 Å². The Balaban J connectivity index is 1.86. The molecule has 1 aliphatic heterocycles. The lowest BCUT2D eigenvalue weighted by molar-refractivity contribution is 0.197. The highest BCUT2D eigenvalue weighted by Gasteiger charge is 2.24. The molecule has 0 bridgehead atoms. The van der Waals surface area contributed by atoms with E-state index in [1.807, 2.05) is 25.1 Å². The molecule has 1 aromatic heterocycles. The van der Waals surface area contributed by atoms with Crippen molar-refractivity contribution >= 4 is 0 Å². The van der Waals surface area contributed by atoms with Gasteiger partial charge in [-0.1, -0.05) is 18.2 Å². The summed E-state index contributed by atoms with van der Waals surface area (Å²) in [6, 6.07) is 8.08.